The number of imidazole rings is 1. The van der Waals surface area contributed by atoms with Gasteiger partial charge in [-0.3, -0.25) is 14.2 Å². The molecular formula is C23H26ClN5O10. The van der Waals surface area contributed by atoms with Crippen molar-refractivity contribution < 1.29 is 47.6 Å². The van der Waals surface area contributed by atoms with Crippen LogP contribution in [0.2, 0.25) is 5.28 Å². The Hall–Kier alpha value is -4.00. The summed E-state index contributed by atoms with van der Waals surface area (Å²) in [5.41, 5.74) is 4.03. The Labute approximate surface area is 227 Å². The van der Waals surface area contributed by atoms with Crippen molar-refractivity contribution >= 4 is 52.5 Å². The van der Waals surface area contributed by atoms with Gasteiger partial charge in [-0.25, -0.2) is 14.6 Å². The summed E-state index contributed by atoms with van der Waals surface area (Å²) in [6.45, 7) is 4.56. The number of terminal acetylenes is 1. The van der Waals surface area contributed by atoms with Crippen molar-refractivity contribution in [2.75, 3.05) is 25.6 Å². The zero-order valence-electron chi connectivity index (χ0n) is 21.4. The summed E-state index contributed by atoms with van der Waals surface area (Å²) in [6, 6.07) is 0. The first kappa shape index (κ1) is 29.6. The molecule has 2 N–H and O–H groups in total. The van der Waals surface area contributed by atoms with Gasteiger partial charge in [0.15, 0.2) is 17.7 Å². The Balaban J connectivity index is 2.09. The van der Waals surface area contributed by atoms with E-state index >= 15 is 0 Å². The van der Waals surface area contributed by atoms with E-state index in [4.69, 9.17) is 52.2 Å². The van der Waals surface area contributed by atoms with E-state index in [0.717, 1.165) is 13.8 Å². The van der Waals surface area contributed by atoms with Gasteiger partial charge in [0.1, 0.15) is 11.6 Å². The summed E-state index contributed by atoms with van der Waals surface area (Å²) in [7, 11) is 0. The second-order valence-corrected chi connectivity index (χ2v) is 8.33. The molecule has 15 nitrogen and oxygen atoms in total. The molecule has 0 saturated carbocycles. The van der Waals surface area contributed by atoms with Gasteiger partial charge in [-0.15, -0.1) is 6.42 Å². The van der Waals surface area contributed by atoms with E-state index in [1.54, 1.807) is 0 Å². The average molecular weight is 568 g/mol. The smallest absolute Gasteiger partial charge is 0.347 e. The molecule has 0 aromatic carbocycles. The van der Waals surface area contributed by atoms with Gasteiger partial charge in [-0.05, 0) is 25.4 Å². The van der Waals surface area contributed by atoms with Crippen LogP contribution in [-0.4, -0.2) is 87.1 Å². The zero-order valence-corrected chi connectivity index (χ0v) is 22.2. The topological polar surface area (TPSA) is 193 Å². The summed E-state index contributed by atoms with van der Waals surface area (Å²) in [5.74, 6) is -1.40. The highest BCUT2D eigenvalue weighted by Gasteiger charge is 2.62. The lowest BCUT2D eigenvalue weighted by Gasteiger charge is -2.32. The Morgan fingerprint density at radius 1 is 1.18 bits per heavy atom. The first-order valence-corrected chi connectivity index (χ1v) is 12.0. The predicted octanol–water partition coefficient (Wildman–Crippen LogP) is 0.338. The SMILES string of the molecule is C#C[C@@]1(OC(C)=O)[C@@H](COC(C(=O)OCC)C(=O)OCC)O[C@@H](n2cnc3c(N)nc(Cl)nc32)[C@@H]1OC(C)=O. The molecule has 0 aliphatic carbocycles. The summed E-state index contributed by atoms with van der Waals surface area (Å²) in [4.78, 5) is 61.3. The van der Waals surface area contributed by atoms with Crippen molar-refractivity contribution in [3.05, 3.63) is 11.6 Å². The second kappa shape index (κ2) is 12.2. The van der Waals surface area contributed by atoms with Crippen LogP contribution in [0.1, 0.15) is 33.9 Å². The number of esters is 4. The van der Waals surface area contributed by atoms with Crippen molar-refractivity contribution in [3.8, 4) is 12.3 Å². The third-order valence-corrected chi connectivity index (χ3v) is 5.57. The zero-order chi connectivity index (χ0) is 28.9. The molecule has 3 rings (SSSR count). The molecule has 1 saturated heterocycles. The number of ether oxygens (including phenoxy) is 6. The van der Waals surface area contributed by atoms with Crippen LogP contribution in [0.3, 0.4) is 0 Å². The number of carbonyl (C=O) groups excluding carboxylic acids is 4. The number of hydrogen-bond donors (Lipinski definition) is 1. The van der Waals surface area contributed by atoms with E-state index in [0.29, 0.717) is 0 Å². The lowest BCUT2D eigenvalue weighted by Crippen LogP contribution is -2.53. The number of anilines is 1. The molecule has 2 aromatic heterocycles. The summed E-state index contributed by atoms with van der Waals surface area (Å²) >= 11 is 5.98. The van der Waals surface area contributed by atoms with Gasteiger partial charge in [0.2, 0.25) is 17.0 Å². The van der Waals surface area contributed by atoms with Crippen LogP contribution in [0, 0.1) is 12.3 Å². The molecule has 2 aromatic rings. The molecule has 4 atom stereocenters. The van der Waals surface area contributed by atoms with E-state index in [-0.39, 0.29) is 35.5 Å². The number of aromatic nitrogens is 4. The third-order valence-electron chi connectivity index (χ3n) is 5.41. The van der Waals surface area contributed by atoms with Gasteiger partial charge in [0.25, 0.3) is 6.10 Å². The van der Waals surface area contributed by atoms with E-state index in [1.165, 1.54) is 24.7 Å². The number of carbonyl (C=O) groups is 4. The maximum Gasteiger partial charge on any atom is 0.347 e. The molecule has 0 bridgehead atoms. The number of rotatable bonds is 10. The number of halogens is 1. The Kier molecular flexibility index (Phi) is 9.28. The summed E-state index contributed by atoms with van der Waals surface area (Å²) in [5, 5.41) is -0.210. The molecule has 1 aliphatic heterocycles. The first-order valence-electron chi connectivity index (χ1n) is 11.6. The molecule has 3 heterocycles. The number of hydrogen-bond acceptors (Lipinski definition) is 14. The van der Waals surface area contributed by atoms with E-state index in [1.807, 2.05) is 0 Å². The van der Waals surface area contributed by atoms with Gasteiger partial charge < -0.3 is 34.2 Å². The maximum absolute atomic E-state index is 12.4. The predicted molar refractivity (Wildman–Crippen MR) is 131 cm³/mol. The van der Waals surface area contributed by atoms with E-state index in [9.17, 15) is 19.2 Å². The minimum atomic E-state index is -2.10. The normalized spacial score (nSPS) is 22.3. The van der Waals surface area contributed by atoms with Crippen LogP contribution in [0.15, 0.2) is 6.33 Å². The molecule has 0 unspecified atom stereocenters. The first-order chi connectivity index (χ1) is 18.5. The Bertz CT molecular complexity index is 1290. The third kappa shape index (κ3) is 6.03. The lowest BCUT2D eigenvalue weighted by atomic mass is 9.92. The fraction of sp³-hybridized carbons (Fsp3) is 0.522. The minimum Gasteiger partial charge on any atom is -0.464 e. The van der Waals surface area contributed by atoms with E-state index in [2.05, 4.69) is 20.9 Å². The minimum absolute atomic E-state index is 0.0411. The standard InChI is InChI=1S/C23H26ClN5O10/c1-6-23(39-12(5)31)13(9-36-15(20(32)34-7-2)21(33)35-8-3)38-19(16(23)37-11(4)30)29-10-26-14-17(25)27-22(24)28-18(14)29/h1,10,13,15-16,19H,7-9H2,2-5H3,(H2,25,27,28)/t13-,16+,19-,23-/m1/s1. The second-order valence-electron chi connectivity index (χ2n) is 8.00. The molecule has 1 aliphatic rings. The molecule has 0 amide bonds. The average Bonchev–Trinajstić information content (AvgIpc) is 3.39. The molecule has 0 spiro atoms. The lowest BCUT2D eigenvalue weighted by molar-refractivity contribution is -0.183. The molecular weight excluding hydrogens is 542 g/mol. The van der Waals surface area contributed by atoms with Crippen molar-refractivity contribution in [1.82, 2.24) is 19.5 Å². The maximum atomic E-state index is 12.4. The number of nitrogens with zero attached hydrogens (tertiary/aromatic N) is 4. The van der Waals surface area contributed by atoms with Crippen LogP contribution in [0.25, 0.3) is 11.2 Å². The number of fused-ring (bicyclic) bond motifs is 1. The fourth-order valence-electron chi connectivity index (χ4n) is 3.95. The quantitative estimate of drug-likeness (QED) is 0.136. The Morgan fingerprint density at radius 3 is 2.36 bits per heavy atom. The highest BCUT2D eigenvalue weighted by atomic mass is 35.5. The monoisotopic (exact) mass is 567 g/mol. The van der Waals surface area contributed by atoms with Crippen LogP contribution in [0.4, 0.5) is 5.82 Å². The van der Waals surface area contributed by atoms with Gasteiger partial charge >= 0.3 is 23.9 Å². The van der Waals surface area contributed by atoms with Crippen molar-refractivity contribution in [2.24, 2.45) is 0 Å². The molecule has 0 radical (unpaired) electrons. The van der Waals surface area contributed by atoms with Crippen LogP contribution in [-0.2, 0) is 47.6 Å². The van der Waals surface area contributed by atoms with Crippen molar-refractivity contribution in [3.63, 3.8) is 0 Å². The van der Waals surface area contributed by atoms with Crippen LogP contribution >= 0.6 is 11.6 Å². The Morgan fingerprint density at radius 2 is 1.82 bits per heavy atom. The largest absolute Gasteiger partial charge is 0.464 e. The van der Waals surface area contributed by atoms with Gasteiger partial charge in [-0.1, -0.05) is 5.92 Å². The highest BCUT2D eigenvalue weighted by Crippen LogP contribution is 2.43. The summed E-state index contributed by atoms with van der Waals surface area (Å²) < 4.78 is 33.7. The van der Waals surface area contributed by atoms with Gasteiger partial charge in [0.05, 0.1) is 26.1 Å². The van der Waals surface area contributed by atoms with Crippen LogP contribution in [0.5, 0.6) is 0 Å². The molecule has 39 heavy (non-hydrogen) atoms. The highest BCUT2D eigenvalue weighted by molar-refractivity contribution is 6.28. The van der Waals surface area contributed by atoms with Crippen molar-refractivity contribution in [2.45, 2.75) is 57.8 Å². The molecule has 16 heteroatoms. The number of nitrogen functional groups attached to an aromatic ring is 1. The van der Waals surface area contributed by atoms with Gasteiger partial charge in [0, 0.05) is 13.8 Å². The summed E-state index contributed by atoms with van der Waals surface area (Å²) in [6.07, 6.45) is 1.07. The molecule has 1 fully saturated rings. The van der Waals surface area contributed by atoms with Crippen LogP contribution < -0.4 is 5.73 Å². The number of nitrogens with two attached hydrogens (primary N) is 1. The molecule has 210 valence electrons. The van der Waals surface area contributed by atoms with E-state index < -0.39 is 60.6 Å². The fourth-order valence-corrected chi connectivity index (χ4v) is 4.12. The van der Waals surface area contributed by atoms with Gasteiger partial charge in [-0.2, -0.15) is 9.97 Å². The van der Waals surface area contributed by atoms with Crippen molar-refractivity contribution in [1.29, 1.82) is 0 Å².